The van der Waals surface area contributed by atoms with Gasteiger partial charge in [0.1, 0.15) is 13.2 Å². The zero-order valence-electron chi connectivity index (χ0n) is 53.9. The maximum Gasteiger partial charge on any atom is 0.306 e. The Bertz CT molecular complexity index is 1800. The summed E-state index contributed by atoms with van der Waals surface area (Å²) in [4.78, 5) is 38.4. The third kappa shape index (κ3) is 68.0. The number of esters is 3. The fourth-order valence-corrected chi connectivity index (χ4v) is 9.23. The van der Waals surface area contributed by atoms with E-state index in [0.29, 0.717) is 19.3 Å². The summed E-state index contributed by atoms with van der Waals surface area (Å²) in [6, 6.07) is 0. The SMILES string of the molecule is CC/C=C\C/C=C\C/C=C\C/C=C\C/C=C\C/C=C\CCCCCCCCC(=O)OC(COC(=O)CCCCC/C=C\C/C=C\C/C=C\CC)COC(=O)CCCCCCCCCCCCCC/C=C\C/C=C\C/C=C\CCCCCCC. The van der Waals surface area contributed by atoms with Crippen molar-refractivity contribution in [1.82, 2.24) is 0 Å². The summed E-state index contributed by atoms with van der Waals surface area (Å²) in [6.07, 6.45) is 100. The molecule has 0 aromatic carbocycles. The summed E-state index contributed by atoms with van der Waals surface area (Å²) in [5.74, 6) is -0.943. The molecule has 0 radical (unpaired) electrons. The molecule has 0 amide bonds. The first kappa shape index (κ1) is 78.3. The molecule has 83 heavy (non-hydrogen) atoms. The number of unbranched alkanes of at least 4 members (excludes halogenated alkanes) is 26. The van der Waals surface area contributed by atoms with Gasteiger partial charge in [0.15, 0.2) is 6.10 Å². The Morgan fingerprint density at radius 1 is 0.253 bits per heavy atom. The molecule has 1 unspecified atom stereocenters. The Kier molecular flexibility index (Phi) is 65.8. The third-order valence-electron chi connectivity index (χ3n) is 14.3. The number of hydrogen-bond donors (Lipinski definition) is 0. The molecule has 0 aromatic rings. The molecule has 0 spiro atoms. The van der Waals surface area contributed by atoms with E-state index in [1.54, 1.807) is 0 Å². The minimum Gasteiger partial charge on any atom is -0.462 e. The molecular weight excluding hydrogens is 1020 g/mol. The van der Waals surface area contributed by atoms with Crippen LogP contribution < -0.4 is 0 Å². The van der Waals surface area contributed by atoms with E-state index >= 15 is 0 Å². The van der Waals surface area contributed by atoms with E-state index in [9.17, 15) is 14.4 Å². The van der Waals surface area contributed by atoms with Gasteiger partial charge in [0.2, 0.25) is 0 Å². The van der Waals surface area contributed by atoms with Crippen molar-refractivity contribution >= 4 is 17.9 Å². The van der Waals surface area contributed by atoms with Gasteiger partial charge in [-0.25, -0.2) is 0 Å². The quantitative estimate of drug-likeness (QED) is 0.0261. The van der Waals surface area contributed by atoms with E-state index in [0.717, 1.165) is 148 Å². The number of allylic oxidation sites excluding steroid dienone is 24. The molecule has 6 nitrogen and oxygen atoms in total. The van der Waals surface area contributed by atoms with Gasteiger partial charge in [-0.1, -0.05) is 289 Å². The van der Waals surface area contributed by atoms with Gasteiger partial charge >= 0.3 is 17.9 Å². The molecule has 6 heteroatoms. The second kappa shape index (κ2) is 69.8. The molecule has 0 aliphatic heterocycles. The smallest absolute Gasteiger partial charge is 0.306 e. The van der Waals surface area contributed by atoms with Crippen LogP contribution in [0.1, 0.15) is 303 Å². The first-order valence-corrected chi connectivity index (χ1v) is 34.3. The summed E-state index contributed by atoms with van der Waals surface area (Å²) < 4.78 is 16.9. The normalized spacial score (nSPS) is 13.0. The van der Waals surface area contributed by atoms with Crippen LogP contribution in [0.2, 0.25) is 0 Å². The number of carbonyl (C=O) groups is 3. The molecule has 0 N–H and O–H groups in total. The predicted octanol–water partition coefficient (Wildman–Crippen LogP) is 23.9. The van der Waals surface area contributed by atoms with Crippen LogP contribution in [0.3, 0.4) is 0 Å². The monoisotopic (exact) mass is 1150 g/mol. The molecular formula is C77H126O6. The first-order chi connectivity index (χ1) is 41.0. The third-order valence-corrected chi connectivity index (χ3v) is 14.3. The van der Waals surface area contributed by atoms with Crippen molar-refractivity contribution in [3.8, 4) is 0 Å². The maximum absolute atomic E-state index is 12.9. The van der Waals surface area contributed by atoms with E-state index in [2.05, 4.69) is 167 Å². The molecule has 0 bridgehead atoms. The molecule has 0 saturated heterocycles. The summed E-state index contributed by atoms with van der Waals surface area (Å²) in [5.41, 5.74) is 0. The minimum absolute atomic E-state index is 0.0989. The summed E-state index contributed by atoms with van der Waals surface area (Å²) in [6.45, 7) is 6.37. The van der Waals surface area contributed by atoms with Crippen molar-refractivity contribution in [3.05, 3.63) is 146 Å². The Morgan fingerprint density at radius 2 is 0.470 bits per heavy atom. The number of hydrogen-bond acceptors (Lipinski definition) is 6. The lowest BCUT2D eigenvalue weighted by atomic mass is 10.0. The molecule has 0 aromatic heterocycles. The Balaban J connectivity index is 4.37. The lowest BCUT2D eigenvalue weighted by Gasteiger charge is -2.18. The zero-order chi connectivity index (χ0) is 59.9. The minimum atomic E-state index is -0.807. The fraction of sp³-hybridized carbons (Fsp3) is 0.649. The largest absolute Gasteiger partial charge is 0.462 e. The van der Waals surface area contributed by atoms with E-state index in [1.807, 2.05) is 0 Å². The Hall–Kier alpha value is -4.71. The molecule has 0 rings (SSSR count). The van der Waals surface area contributed by atoms with E-state index < -0.39 is 6.10 Å². The Labute approximate surface area is 512 Å². The van der Waals surface area contributed by atoms with Crippen LogP contribution in [0, 0.1) is 0 Å². The second-order valence-corrected chi connectivity index (χ2v) is 22.3. The number of rotatable bonds is 61. The highest BCUT2D eigenvalue weighted by atomic mass is 16.6. The van der Waals surface area contributed by atoms with Crippen molar-refractivity contribution in [1.29, 1.82) is 0 Å². The van der Waals surface area contributed by atoms with Crippen LogP contribution in [0.15, 0.2) is 146 Å². The highest BCUT2D eigenvalue weighted by Gasteiger charge is 2.19. The fourth-order valence-electron chi connectivity index (χ4n) is 9.23. The standard InChI is InChI=1S/C77H126O6/c1-4-7-10-13-16-19-22-25-27-29-31-33-35-37-38-40-41-43-45-47-49-52-55-58-61-64-67-70-76(79)82-73-74(72-81-75(78)69-66-63-60-57-54-51-24-21-18-15-12-9-6-3)83-77(80)71-68-65-62-59-56-53-50-48-46-44-42-39-36-34-32-30-28-26-23-20-17-14-11-8-5-2/h8-9,11-12,17-18,20-22,25-26,28-29,31-32,34-35,37,39,42,46,48,51,54,74H,4-7,10,13-16,19,23-24,27,30,33,36,38,40-41,43-45,47,49-50,52-53,55-73H2,1-3H3/b11-8-,12-9-,20-17-,21-18-,25-22-,28-26-,31-29-,34-32-,37-35-,42-39-,48-46-,54-51-. The molecule has 1 atom stereocenters. The van der Waals surface area contributed by atoms with Crippen LogP contribution >= 0.6 is 0 Å². The van der Waals surface area contributed by atoms with Crippen molar-refractivity contribution in [3.63, 3.8) is 0 Å². The number of carbonyl (C=O) groups excluding carboxylic acids is 3. The van der Waals surface area contributed by atoms with Crippen molar-refractivity contribution in [2.45, 2.75) is 309 Å². The average molecular weight is 1150 g/mol. The van der Waals surface area contributed by atoms with Gasteiger partial charge in [0.25, 0.3) is 0 Å². The van der Waals surface area contributed by atoms with Gasteiger partial charge in [0, 0.05) is 19.3 Å². The molecule has 0 saturated carbocycles. The molecule has 0 aliphatic rings. The van der Waals surface area contributed by atoms with Crippen LogP contribution in [0.25, 0.3) is 0 Å². The van der Waals surface area contributed by atoms with Gasteiger partial charge in [-0.15, -0.1) is 0 Å². The summed E-state index contributed by atoms with van der Waals surface area (Å²) in [5, 5.41) is 0. The molecule has 470 valence electrons. The topological polar surface area (TPSA) is 78.9 Å². The summed E-state index contributed by atoms with van der Waals surface area (Å²) >= 11 is 0. The lowest BCUT2D eigenvalue weighted by molar-refractivity contribution is -0.167. The van der Waals surface area contributed by atoms with Gasteiger partial charge in [-0.2, -0.15) is 0 Å². The predicted molar refractivity (Wildman–Crippen MR) is 362 cm³/mol. The molecule has 0 fully saturated rings. The van der Waals surface area contributed by atoms with E-state index in [4.69, 9.17) is 14.2 Å². The van der Waals surface area contributed by atoms with Gasteiger partial charge in [-0.3, -0.25) is 14.4 Å². The van der Waals surface area contributed by atoms with Crippen LogP contribution in [-0.2, 0) is 28.6 Å². The summed E-state index contributed by atoms with van der Waals surface area (Å²) in [7, 11) is 0. The van der Waals surface area contributed by atoms with Gasteiger partial charge in [-0.05, 0) is 141 Å². The van der Waals surface area contributed by atoms with Crippen LogP contribution in [0.5, 0.6) is 0 Å². The second-order valence-electron chi connectivity index (χ2n) is 22.3. The maximum atomic E-state index is 12.9. The van der Waals surface area contributed by atoms with Crippen molar-refractivity contribution < 1.29 is 28.6 Å². The number of ether oxygens (including phenoxy) is 3. The Morgan fingerprint density at radius 3 is 0.747 bits per heavy atom. The van der Waals surface area contributed by atoms with Gasteiger partial charge < -0.3 is 14.2 Å². The molecule has 0 aliphatic carbocycles. The first-order valence-electron chi connectivity index (χ1n) is 34.3. The van der Waals surface area contributed by atoms with Crippen LogP contribution in [-0.4, -0.2) is 37.2 Å². The lowest BCUT2D eigenvalue weighted by Crippen LogP contribution is -2.30. The van der Waals surface area contributed by atoms with Crippen molar-refractivity contribution in [2.75, 3.05) is 13.2 Å². The highest BCUT2D eigenvalue weighted by Crippen LogP contribution is 2.16. The molecule has 0 heterocycles. The highest BCUT2D eigenvalue weighted by molar-refractivity contribution is 5.71. The van der Waals surface area contributed by atoms with Crippen molar-refractivity contribution in [2.24, 2.45) is 0 Å². The van der Waals surface area contributed by atoms with E-state index in [1.165, 1.54) is 116 Å². The van der Waals surface area contributed by atoms with Crippen LogP contribution in [0.4, 0.5) is 0 Å². The zero-order valence-corrected chi connectivity index (χ0v) is 53.9. The average Bonchev–Trinajstić information content (AvgIpc) is 3.49. The van der Waals surface area contributed by atoms with E-state index in [-0.39, 0.29) is 31.1 Å². The van der Waals surface area contributed by atoms with Gasteiger partial charge in [0.05, 0.1) is 0 Å².